The molecule has 0 unspecified atom stereocenters. The first-order valence-electron chi connectivity index (χ1n) is 11.0. The maximum atomic E-state index is 12.1. The molecule has 3 aromatic rings. The predicted octanol–water partition coefficient (Wildman–Crippen LogP) is 5.63. The monoisotopic (exact) mass is 512 g/mol. The van der Waals surface area contributed by atoms with Crippen LogP contribution < -0.4 is 4.74 Å². The zero-order valence-electron chi connectivity index (χ0n) is 19.2. The maximum Gasteiger partial charge on any atom is 0.313 e. The Morgan fingerprint density at radius 2 is 1.94 bits per heavy atom. The third-order valence-corrected chi connectivity index (χ3v) is 6.31. The Balaban J connectivity index is 1.51. The quantitative estimate of drug-likeness (QED) is 0.209. The average molecular weight is 513 g/mol. The largest absolute Gasteiger partial charge is 0.466 e. The van der Waals surface area contributed by atoms with Gasteiger partial charge in [-0.05, 0) is 56.5 Å². The molecule has 8 nitrogen and oxygen atoms in total. The van der Waals surface area contributed by atoms with Crippen molar-refractivity contribution in [2.24, 2.45) is 4.99 Å². The molecule has 35 heavy (non-hydrogen) atoms. The summed E-state index contributed by atoms with van der Waals surface area (Å²) in [7, 11) is 0. The fourth-order valence-electron chi connectivity index (χ4n) is 3.61. The Morgan fingerprint density at radius 1 is 1.23 bits per heavy atom. The smallest absolute Gasteiger partial charge is 0.313 e. The fourth-order valence-corrected chi connectivity index (χ4v) is 4.21. The molecule has 1 aliphatic carbocycles. The van der Waals surface area contributed by atoms with Gasteiger partial charge < -0.3 is 14.0 Å². The number of carbonyl (C=O) groups excluding carboxylic acids is 2. The number of hydrogen-bond donors (Lipinski definition) is 0. The van der Waals surface area contributed by atoms with Gasteiger partial charge in [-0.2, -0.15) is 5.26 Å². The first-order valence-corrected chi connectivity index (χ1v) is 11.8. The summed E-state index contributed by atoms with van der Waals surface area (Å²) in [5.74, 6) is -0.573. The lowest BCUT2D eigenvalue weighted by atomic mass is 10.2. The molecule has 180 valence electrons. The molecule has 1 aliphatic rings. The summed E-state index contributed by atoms with van der Waals surface area (Å²) in [6.45, 7) is 3.94. The molecular formula is C25H22Cl2N4O4. The summed E-state index contributed by atoms with van der Waals surface area (Å²) >= 11 is 12.9. The minimum Gasteiger partial charge on any atom is -0.466 e. The van der Waals surface area contributed by atoms with E-state index >= 15 is 0 Å². The van der Waals surface area contributed by atoms with Crippen LogP contribution in [-0.4, -0.2) is 33.6 Å². The van der Waals surface area contributed by atoms with E-state index in [2.05, 4.69) is 21.5 Å². The number of fused-ring (bicyclic) bond motifs is 1. The lowest BCUT2D eigenvalue weighted by Gasteiger charge is -2.14. The highest BCUT2D eigenvalue weighted by Gasteiger charge is 2.40. The van der Waals surface area contributed by atoms with Crippen LogP contribution in [0.15, 0.2) is 41.7 Å². The lowest BCUT2D eigenvalue weighted by molar-refractivity contribution is -0.144. The number of nitrogens with zero attached hydrogens (tertiary/aromatic N) is 4. The van der Waals surface area contributed by atoms with Crippen LogP contribution in [-0.2, 0) is 26.4 Å². The second-order valence-electron chi connectivity index (χ2n) is 8.43. The van der Waals surface area contributed by atoms with Gasteiger partial charge in [0.15, 0.2) is 11.5 Å². The van der Waals surface area contributed by atoms with Crippen LogP contribution in [0.4, 0.5) is 0 Å². The van der Waals surface area contributed by atoms with E-state index in [4.69, 9.17) is 32.7 Å². The molecule has 0 spiro atoms. The molecule has 2 aromatic carbocycles. The number of aromatic nitrogens is 2. The second kappa shape index (κ2) is 10.1. The van der Waals surface area contributed by atoms with Crippen LogP contribution >= 0.6 is 23.2 Å². The molecule has 1 aromatic heterocycles. The standard InChI is InChI=1S/C25H22Cl2N4O4/c1-3-34-23(33)11-22(32)20(12-28)29-13-15-8-17(26)24(18(27)9-15)35-16-4-5-19-21(10-16)31(14-30-19)25(2)6-7-25/h4-5,8-10,14H,3,6-7,11,13H2,1-2H3. The van der Waals surface area contributed by atoms with Gasteiger partial charge >= 0.3 is 5.97 Å². The number of ether oxygens (including phenoxy) is 2. The Labute approximate surface area is 212 Å². The van der Waals surface area contributed by atoms with E-state index in [1.54, 1.807) is 31.2 Å². The molecule has 0 bridgehead atoms. The average Bonchev–Trinajstić information content (AvgIpc) is 3.40. The van der Waals surface area contributed by atoms with Crippen molar-refractivity contribution in [3.63, 3.8) is 0 Å². The summed E-state index contributed by atoms with van der Waals surface area (Å²) in [6.07, 6.45) is 3.51. The summed E-state index contributed by atoms with van der Waals surface area (Å²) < 4.78 is 12.9. The molecule has 10 heteroatoms. The highest BCUT2D eigenvalue weighted by Crippen LogP contribution is 2.45. The number of imidazole rings is 1. The number of ketones is 1. The van der Waals surface area contributed by atoms with Crippen LogP contribution in [0.2, 0.25) is 10.0 Å². The number of nitriles is 1. The van der Waals surface area contributed by atoms with Gasteiger partial charge in [-0.1, -0.05) is 23.2 Å². The van der Waals surface area contributed by atoms with Crippen molar-refractivity contribution in [2.45, 2.75) is 45.2 Å². The van der Waals surface area contributed by atoms with Gasteiger partial charge in [0, 0.05) is 11.6 Å². The van der Waals surface area contributed by atoms with E-state index in [0.29, 0.717) is 11.3 Å². The lowest BCUT2D eigenvalue weighted by Crippen LogP contribution is -2.18. The highest BCUT2D eigenvalue weighted by molar-refractivity contribution is 6.48. The van der Waals surface area contributed by atoms with Crippen LogP contribution in [0.5, 0.6) is 11.5 Å². The Hall–Kier alpha value is -3.41. The third-order valence-electron chi connectivity index (χ3n) is 5.75. The van der Waals surface area contributed by atoms with Crippen molar-refractivity contribution in [1.29, 1.82) is 5.26 Å². The van der Waals surface area contributed by atoms with Crippen molar-refractivity contribution in [3.05, 3.63) is 52.3 Å². The number of Topliss-reactive ketones (excluding diaryl/α,β-unsaturated/α-hetero) is 1. The van der Waals surface area contributed by atoms with E-state index < -0.39 is 18.2 Å². The predicted molar refractivity (Wildman–Crippen MR) is 132 cm³/mol. The number of esters is 1. The van der Waals surface area contributed by atoms with Gasteiger partial charge in [-0.3, -0.25) is 14.6 Å². The van der Waals surface area contributed by atoms with E-state index in [1.807, 2.05) is 18.5 Å². The number of benzene rings is 2. The summed E-state index contributed by atoms with van der Waals surface area (Å²) in [6, 6.07) is 10.5. The van der Waals surface area contributed by atoms with E-state index in [-0.39, 0.29) is 40.2 Å². The molecule has 1 saturated carbocycles. The number of carbonyl (C=O) groups is 2. The van der Waals surface area contributed by atoms with E-state index in [9.17, 15) is 14.9 Å². The molecule has 0 amide bonds. The molecule has 0 N–H and O–H groups in total. The maximum absolute atomic E-state index is 12.1. The Kier molecular flexibility index (Phi) is 7.10. The number of hydrogen-bond acceptors (Lipinski definition) is 7. The van der Waals surface area contributed by atoms with Crippen LogP contribution in [0.3, 0.4) is 0 Å². The SMILES string of the molecule is CCOC(=O)CC(=O)C(C#N)=NCc1cc(Cl)c(Oc2ccc3ncn(C4(C)CC4)c3c2)c(Cl)c1. The first kappa shape index (κ1) is 24.7. The second-order valence-corrected chi connectivity index (χ2v) is 9.25. The van der Waals surface area contributed by atoms with Crippen molar-refractivity contribution in [3.8, 4) is 17.6 Å². The molecule has 1 fully saturated rings. The van der Waals surface area contributed by atoms with Crippen molar-refractivity contribution in [2.75, 3.05) is 6.61 Å². The van der Waals surface area contributed by atoms with Gasteiger partial charge in [0.05, 0.1) is 40.6 Å². The van der Waals surface area contributed by atoms with Crippen molar-refractivity contribution < 1.29 is 19.1 Å². The Bertz CT molecular complexity index is 1360. The van der Waals surface area contributed by atoms with E-state index in [0.717, 1.165) is 23.9 Å². The number of rotatable bonds is 9. The molecular weight excluding hydrogens is 491 g/mol. The van der Waals surface area contributed by atoms with Crippen molar-refractivity contribution >= 4 is 51.7 Å². The zero-order chi connectivity index (χ0) is 25.2. The molecule has 0 aliphatic heterocycles. The highest BCUT2D eigenvalue weighted by atomic mass is 35.5. The van der Waals surface area contributed by atoms with E-state index in [1.165, 1.54) is 0 Å². The van der Waals surface area contributed by atoms with Gasteiger partial charge in [-0.15, -0.1) is 0 Å². The summed E-state index contributed by atoms with van der Waals surface area (Å²) in [5, 5.41) is 9.74. The molecule has 4 rings (SSSR count). The minimum atomic E-state index is -0.710. The van der Waals surface area contributed by atoms with Gasteiger partial charge in [0.25, 0.3) is 0 Å². The molecule has 0 radical (unpaired) electrons. The van der Waals surface area contributed by atoms with Gasteiger partial charge in [-0.25, -0.2) is 4.98 Å². The van der Waals surface area contributed by atoms with Gasteiger partial charge in [0.1, 0.15) is 18.2 Å². The van der Waals surface area contributed by atoms with Crippen LogP contribution in [0.25, 0.3) is 11.0 Å². The number of aliphatic imine (C=N–C) groups is 1. The first-order chi connectivity index (χ1) is 16.7. The number of halogens is 2. The fraction of sp³-hybridized carbons (Fsp3) is 0.320. The normalized spacial score (nSPS) is 14.4. The van der Waals surface area contributed by atoms with Crippen LogP contribution in [0, 0.1) is 11.3 Å². The van der Waals surface area contributed by atoms with Crippen LogP contribution in [0.1, 0.15) is 38.7 Å². The zero-order valence-corrected chi connectivity index (χ0v) is 20.7. The summed E-state index contributed by atoms with van der Waals surface area (Å²) in [4.78, 5) is 32.1. The topological polar surface area (TPSA) is 107 Å². The molecule has 0 atom stereocenters. The summed E-state index contributed by atoms with van der Waals surface area (Å²) in [5.41, 5.74) is 2.13. The Morgan fingerprint density at radius 3 is 2.57 bits per heavy atom. The van der Waals surface area contributed by atoms with Gasteiger partial charge in [0.2, 0.25) is 5.78 Å². The van der Waals surface area contributed by atoms with Crippen molar-refractivity contribution in [1.82, 2.24) is 9.55 Å². The molecule has 1 heterocycles. The minimum absolute atomic E-state index is 0.0269. The molecule has 0 saturated heterocycles. The third kappa shape index (κ3) is 5.47.